The Morgan fingerprint density at radius 1 is 1.00 bits per heavy atom. The molecule has 4 heteroatoms. The number of nitrogens with one attached hydrogen (secondary N) is 2. The first-order valence-corrected chi connectivity index (χ1v) is 9.70. The number of rotatable bonds is 6. The maximum atomic E-state index is 12.7. The van der Waals surface area contributed by atoms with Crippen molar-refractivity contribution in [1.29, 1.82) is 0 Å². The lowest BCUT2D eigenvalue weighted by molar-refractivity contribution is -0.122. The molecule has 1 aliphatic carbocycles. The Kier molecular flexibility index (Phi) is 5.64. The van der Waals surface area contributed by atoms with Crippen LogP contribution in [0.15, 0.2) is 42.5 Å². The van der Waals surface area contributed by atoms with Gasteiger partial charge in [-0.1, -0.05) is 51.1 Å². The zero-order valence-electron chi connectivity index (χ0n) is 16.5. The Bertz CT molecular complexity index is 840. The van der Waals surface area contributed by atoms with Crippen LogP contribution in [0.3, 0.4) is 0 Å². The average Bonchev–Trinajstić information content (AvgIpc) is 3.45. The number of amides is 2. The minimum atomic E-state index is -0.250. The number of benzene rings is 2. The SMILES string of the molecule is CCc1ccc(NC(=O)C2CC2C(=O)Nc2c(C)cccc2C(C)C)cc1. The van der Waals surface area contributed by atoms with Crippen LogP contribution >= 0.6 is 0 Å². The first-order valence-electron chi connectivity index (χ1n) is 9.70. The monoisotopic (exact) mass is 364 g/mol. The summed E-state index contributed by atoms with van der Waals surface area (Å²) in [6.07, 6.45) is 1.57. The van der Waals surface area contributed by atoms with Crippen LogP contribution in [0.1, 0.15) is 49.8 Å². The van der Waals surface area contributed by atoms with Crippen molar-refractivity contribution in [2.75, 3.05) is 10.6 Å². The van der Waals surface area contributed by atoms with Crippen LogP contribution in [-0.2, 0) is 16.0 Å². The topological polar surface area (TPSA) is 58.2 Å². The lowest BCUT2D eigenvalue weighted by atomic mass is 9.98. The number of carbonyl (C=O) groups is 2. The highest BCUT2D eigenvalue weighted by molar-refractivity contribution is 6.03. The minimum Gasteiger partial charge on any atom is -0.326 e. The molecule has 1 aliphatic rings. The molecule has 142 valence electrons. The Hall–Kier alpha value is -2.62. The number of anilines is 2. The summed E-state index contributed by atoms with van der Waals surface area (Å²) in [6, 6.07) is 13.9. The molecule has 4 nitrogen and oxygen atoms in total. The first-order chi connectivity index (χ1) is 12.9. The van der Waals surface area contributed by atoms with E-state index < -0.39 is 0 Å². The van der Waals surface area contributed by atoms with Gasteiger partial charge in [-0.15, -0.1) is 0 Å². The lowest BCUT2D eigenvalue weighted by Crippen LogP contribution is -2.21. The second-order valence-electron chi connectivity index (χ2n) is 7.67. The summed E-state index contributed by atoms with van der Waals surface area (Å²) in [5.74, 6) is -0.313. The molecule has 1 saturated carbocycles. The third-order valence-corrected chi connectivity index (χ3v) is 5.27. The van der Waals surface area contributed by atoms with E-state index in [1.165, 1.54) is 5.56 Å². The molecule has 0 radical (unpaired) electrons. The van der Waals surface area contributed by atoms with Crippen molar-refractivity contribution >= 4 is 23.2 Å². The van der Waals surface area contributed by atoms with Crippen LogP contribution in [0.25, 0.3) is 0 Å². The van der Waals surface area contributed by atoms with Crippen molar-refractivity contribution in [1.82, 2.24) is 0 Å². The molecule has 0 saturated heterocycles. The molecular weight excluding hydrogens is 336 g/mol. The van der Waals surface area contributed by atoms with Crippen molar-refractivity contribution in [3.8, 4) is 0 Å². The predicted octanol–water partition coefficient (Wildman–Crippen LogP) is 4.89. The summed E-state index contributed by atoms with van der Waals surface area (Å²) in [7, 11) is 0. The molecule has 2 unspecified atom stereocenters. The molecular formula is C23H28N2O2. The van der Waals surface area contributed by atoms with E-state index in [0.29, 0.717) is 12.3 Å². The smallest absolute Gasteiger partial charge is 0.228 e. The average molecular weight is 364 g/mol. The van der Waals surface area contributed by atoms with Crippen molar-refractivity contribution < 1.29 is 9.59 Å². The molecule has 1 fully saturated rings. The molecule has 0 spiro atoms. The van der Waals surface area contributed by atoms with Crippen LogP contribution in [0, 0.1) is 18.8 Å². The van der Waals surface area contributed by atoms with Gasteiger partial charge >= 0.3 is 0 Å². The standard InChI is InChI=1S/C23H28N2O2/c1-5-16-9-11-17(12-10-16)24-22(26)19-13-20(19)23(27)25-21-15(4)7-6-8-18(21)14(2)3/h6-12,14,19-20H,5,13H2,1-4H3,(H,24,26)(H,25,27). The summed E-state index contributed by atoms with van der Waals surface area (Å²) >= 11 is 0. The van der Waals surface area contributed by atoms with Gasteiger partial charge in [-0.2, -0.15) is 0 Å². The maximum Gasteiger partial charge on any atom is 0.228 e. The Labute approximate surface area is 161 Å². The van der Waals surface area contributed by atoms with E-state index in [1.54, 1.807) is 0 Å². The molecule has 2 aromatic rings. The second-order valence-corrected chi connectivity index (χ2v) is 7.67. The van der Waals surface area contributed by atoms with Gasteiger partial charge in [0.15, 0.2) is 0 Å². The molecule has 0 aliphatic heterocycles. The molecule has 2 aromatic carbocycles. The van der Waals surface area contributed by atoms with Gasteiger partial charge in [-0.3, -0.25) is 9.59 Å². The van der Waals surface area contributed by atoms with E-state index in [9.17, 15) is 9.59 Å². The van der Waals surface area contributed by atoms with Crippen LogP contribution < -0.4 is 10.6 Å². The fraction of sp³-hybridized carbons (Fsp3) is 0.391. The van der Waals surface area contributed by atoms with Gasteiger partial charge in [-0.05, 0) is 54.5 Å². The quantitative estimate of drug-likeness (QED) is 0.766. The Balaban J connectivity index is 1.61. The number of carbonyl (C=O) groups excluding carboxylic acids is 2. The normalized spacial score (nSPS) is 18.3. The van der Waals surface area contributed by atoms with E-state index in [1.807, 2.05) is 49.4 Å². The number of para-hydroxylation sites is 1. The Morgan fingerprint density at radius 2 is 1.63 bits per heavy atom. The maximum absolute atomic E-state index is 12.7. The molecule has 2 amide bonds. The fourth-order valence-corrected chi connectivity index (χ4v) is 3.39. The fourth-order valence-electron chi connectivity index (χ4n) is 3.39. The van der Waals surface area contributed by atoms with Gasteiger partial charge in [0.1, 0.15) is 0 Å². The molecule has 0 bridgehead atoms. The first kappa shape index (κ1) is 19.2. The third-order valence-electron chi connectivity index (χ3n) is 5.27. The lowest BCUT2D eigenvalue weighted by Gasteiger charge is -2.16. The van der Waals surface area contributed by atoms with Crippen molar-refractivity contribution in [2.24, 2.45) is 11.8 Å². The largest absolute Gasteiger partial charge is 0.326 e. The van der Waals surface area contributed by atoms with Crippen LogP contribution in [0.4, 0.5) is 11.4 Å². The summed E-state index contributed by atoms with van der Waals surface area (Å²) in [5, 5.41) is 5.99. The van der Waals surface area contributed by atoms with Crippen LogP contribution in [-0.4, -0.2) is 11.8 Å². The van der Waals surface area contributed by atoms with Crippen LogP contribution in [0.5, 0.6) is 0 Å². The summed E-state index contributed by atoms with van der Waals surface area (Å²) in [4.78, 5) is 25.1. The summed E-state index contributed by atoms with van der Waals surface area (Å²) < 4.78 is 0. The number of hydrogen-bond acceptors (Lipinski definition) is 2. The predicted molar refractivity (Wildman–Crippen MR) is 110 cm³/mol. The highest BCUT2D eigenvalue weighted by atomic mass is 16.2. The molecule has 0 heterocycles. The molecule has 0 aromatic heterocycles. The summed E-state index contributed by atoms with van der Waals surface area (Å²) in [6.45, 7) is 8.32. The van der Waals surface area contributed by atoms with E-state index >= 15 is 0 Å². The van der Waals surface area contributed by atoms with Gasteiger partial charge < -0.3 is 10.6 Å². The number of hydrogen-bond donors (Lipinski definition) is 2. The van der Waals surface area contributed by atoms with Gasteiger partial charge in [0, 0.05) is 11.4 Å². The van der Waals surface area contributed by atoms with E-state index in [-0.39, 0.29) is 23.7 Å². The number of aryl methyl sites for hydroxylation is 2. The van der Waals surface area contributed by atoms with E-state index in [2.05, 4.69) is 31.4 Å². The highest BCUT2D eigenvalue weighted by Gasteiger charge is 2.48. The zero-order valence-corrected chi connectivity index (χ0v) is 16.5. The van der Waals surface area contributed by atoms with Gasteiger partial charge in [0.25, 0.3) is 0 Å². The minimum absolute atomic E-state index is 0.0623. The molecule has 3 rings (SSSR count). The van der Waals surface area contributed by atoms with Crippen LogP contribution in [0.2, 0.25) is 0 Å². The van der Waals surface area contributed by atoms with E-state index in [0.717, 1.165) is 28.9 Å². The zero-order chi connectivity index (χ0) is 19.6. The molecule has 27 heavy (non-hydrogen) atoms. The molecule has 2 N–H and O–H groups in total. The van der Waals surface area contributed by atoms with Crippen molar-refractivity contribution in [3.63, 3.8) is 0 Å². The Morgan fingerprint density at radius 3 is 2.22 bits per heavy atom. The third kappa shape index (κ3) is 4.38. The second kappa shape index (κ2) is 7.95. The van der Waals surface area contributed by atoms with Crippen molar-refractivity contribution in [3.05, 3.63) is 59.2 Å². The highest BCUT2D eigenvalue weighted by Crippen LogP contribution is 2.41. The summed E-state index contributed by atoms with van der Waals surface area (Å²) in [5.41, 5.74) is 5.08. The van der Waals surface area contributed by atoms with Gasteiger partial charge in [0.05, 0.1) is 11.8 Å². The molecule has 2 atom stereocenters. The van der Waals surface area contributed by atoms with E-state index in [4.69, 9.17) is 0 Å². The van der Waals surface area contributed by atoms with Gasteiger partial charge in [0.2, 0.25) is 11.8 Å². The van der Waals surface area contributed by atoms with Crippen molar-refractivity contribution in [2.45, 2.75) is 46.5 Å². The van der Waals surface area contributed by atoms with Gasteiger partial charge in [-0.25, -0.2) is 0 Å².